The molecule has 12 heavy (non-hydrogen) atoms. The predicted octanol–water partition coefficient (Wildman–Crippen LogP) is -0.286. The van der Waals surface area contributed by atoms with Gasteiger partial charge < -0.3 is 6.53 Å². The van der Waals surface area contributed by atoms with Crippen molar-refractivity contribution in [1.82, 2.24) is 0 Å². The number of carboxylic acid groups (broad SMARTS) is 1. The van der Waals surface area contributed by atoms with Crippen molar-refractivity contribution in [3.63, 3.8) is 0 Å². The molecule has 0 saturated carbocycles. The summed E-state index contributed by atoms with van der Waals surface area (Å²) < 4.78 is 0. The summed E-state index contributed by atoms with van der Waals surface area (Å²) in [6.45, 7) is 3.77. The van der Waals surface area contributed by atoms with Gasteiger partial charge in [0, 0.05) is 5.57 Å². The average Bonchev–Trinajstić information content (AvgIpc) is 1.97. The molecular formula is C9H17KO2. The Labute approximate surface area is 118 Å². The van der Waals surface area contributed by atoms with Crippen LogP contribution in [0.4, 0.5) is 0 Å². The molecule has 0 atom stereocenters. The molecule has 0 heterocycles. The van der Waals surface area contributed by atoms with E-state index in [2.05, 4.69) is 6.92 Å². The molecule has 2 nitrogen and oxygen atoms in total. The van der Waals surface area contributed by atoms with Gasteiger partial charge in [-0.05, 0) is 19.8 Å². The maximum Gasteiger partial charge on any atom is 1.00 e. The molecule has 0 unspecified atom stereocenters. The van der Waals surface area contributed by atoms with Crippen LogP contribution < -0.4 is 51.4 Å². The second kappa shape index (κ2) is 9.93. The van der Waals surface area contributed by atoms with E-state index >= 15 is 0 Å². The monoisotopic (exact) mass is 196 g/mol. The number of allylic oxidation sites excluding steroid dienone is 1. The van der Waals surface area contributed by atoms with Crippen molar-refractivity contribution < 1.29 is 62.7 Å². The zero-order valence-corrected chi connectivity index (χ0v) is 11.4. The number of aliphatic carboxylic acids is 1. The molecule has 0 aliphatic heterocycles. The van der Waals surface area contributed by atoms with Gasteiger partial charge in [0.05, 0.1) is 0 Å². The molecule has 0 fully saturated rings. The summed E-state index contributed by atoms with van der Waals surface area (Å²) in [7, 11) is 0. The van der Waals surface area contributed by atoms with Crippen LogP contribution in [-0.4, -0.2) is 11.1 Å². The van der Waals surface area contributed by atoms with Crippen LogP contribution in [0.3, 0.4) is 0 Å². The summed E-state index contributed by atoms with van der Waals surface area (Å²) in [4.78, 5) is 10.3. The van der Waals surface area contributed by atoms with Gasteiger partial charge in [-0.2, -0.15) is 0 Å². The molecule has 0 bridgehead atoms. The van der Waals surface area contributed by atoms with Crippen LogP contribution in [0, 0.1) is 0 Å². The Kier molecular flexibility index (Phi) is 12.7. The van der Waals surface area contributed by atoms with Crippen molar-refractivity contribution in [2.45, 2.75) is 39.5 Å². The van der Waals surface area contributed by atoms with Crippen molar-refractivity contribution in [1.29, 1.82) is 0 Å². The van der Waals surface area contributed by atoms with Crippen LogP contribution in [0.1, 0.15) is 41.0 Å². The van der Waals surface area contributed by atoms with Crippen LogP contribution in [0.15, 0.2) is 11.6 Å². The third-order valence-electron chi connectivity index (χ3n) is 1.60. The molecule has 3 heteroatoms. The van der Waals surface area contributed by atoms with E-state index in [0.717, 1.165) is 12.8 Å². The van der Waals surface area contributed by atoms with Crippen LogP contribution in [0.25, 0.3) is 0 Å². The minimum Gasteiger partial charge on any atom is -1.00 e. The summed E-state index contributed by atoms with van der Waals surface area (Å²) in [5, 5.41) is 8.47. The molecule has 1 N–H and O–H groups in total. The molecule has 66 valence electrons. The maximum atomic E-state index is 10.3. The second-order valence-corrected chi connectivity index (χ2v) is 2.69. The van der Waals surface area contributed by atoms with E-state index in [0.29, 0.717) is 5.57 Å². The fourth-order valence-electron chi connectivity index (χ4n) is 0.800. The molecule has 0 radical (unpaired) electrons. The fourth-order valence-corrected chi connectivity index (χ4v) is 0.800. The van der Waals surface area contributed by atoms with Gasteiger partial charge in [-0.1, -0.05) is 25.8 Å². The molecule has 0 aromatic carbocycles. The molecule has 0 aliphatic carbocycles. The molecule has 0 aromatic heterocycles. The minimum atomic E-state index is -0.804. The second-order valence-electron chi connectivity index (χ2n) is 2.69. The SMILES string of the molecule is CCCCCC=C(C)C(=O)O.[H-].[K+]. The van der Waals surface area contributed by atoms with Gasteiger partial charge in [-0.15, -0.1) is 0 Å². The van der Waals surface area contributed by atoms with Crippen LogP contribution in [0.2, 0.25) is 0 Å². The smallest absolute Gasteiger partial charge is 1.00 e. The number of hydrogen-bond acceptors (Lipinski definition) is 1. The minimum absolute atomic E-state index is 0. The zero-order valence-electron chi connectivity index (χ0n) is 9.26. The van der Waals surface area contributed by atoms with Crippen molar-refractivity contribution in [2.24, 2.45) is 0 Å². The van der Waals surface area contributed by atoms with E-state index in [4.69, 9.17) is 5.11 Å². The van der Waals surface area contributed by atoms with Crippen molar-refractivity contribution in [3.05, 3.63) is 11.6 Å². The van der Waals surface area contributed by atoms with Gasteiger partial charge in [0.25, 0.3) is 0 Å². The van der Waals surface area contributed by atoms with E-state index in [1.54, 1.807) is 13.0 Å². The van der Waals surface area contributed by atoms with Gasteiger partial charge in [0.1, 0.15) is 0 Å². The van der Waals surface area contributed by atoms with E-state index in [1.807, 2.05) is 0 Å². The number of carbonyl (C=O) groups is 1. The topological polar surface area (TPSA) is 37.3 Å². The predicted molar refractivity (Wildman–Crippen MR) is 46.6 cm³/mol. The van der Waals surface area contributed by atoms with Gasteiger partial charge in [0.2, 0.25) is 0 Å². The first kappa shape index (κ1) is 15.3. The normalized spacial score (nSPS) is 10.7. The van der Waals surface area contributed by atoms with Gasteiger partial charge in [0.15, 0.2) is 0 Å². The van der Waals surface area contributed by atoms with E-state index < -0.39 is 5.97 Å². The third kappa shape index (κ3) is 8.94. The Morgan fingerprint density at radius 2 is 2.08 bits per heavy atom. The van der Waals surface area contributed by atoms with Crippen LogP contribution >= 0.6 is 0 Å². The summed E-state index contributed by atoms with van der Waals surface area (Å²) in [5.74, 6) is -0.804. The Morgan fingerprint density at radius 3 is 2.50 bits per heavy atom. The van der Waals surface area contributed by atoms with E-state index in [1.165, 1.54) is 12.8 Å². The first-order valence-corrected chi connectivity index (χ1v) is 4.08. The first-order valence-electron chi connectivity index (χ1n) is 4.08. The maximum absolute atomic E-state index is 10.3. The van der Waals surface area contributed by atoms with Gasteiger partial charge >= 0.3 is 57.4 Å². The van der Waals surface area contributed by atoms with Crippen molar-refractivity contribution >= 4 is 5.97 Å². The van der Waals surface area contributed by atoms with E-state index in [-0.39, 0.29) is 52.8 Å². The largest absolute Gasteiger partial charge is 1.00 e. The molecule has 0 aliphatic rings. The number of carboxylic acids is 1. The molecular weight excluding hydrogens is 179 g/mol. The molecule has 0 spiro atoms. The Morgan fingerprint density at radius 1 is 1.50 bits per heavy atom. The average molecular weight is 196 g/mol. The van der Waals surface area contributed by atoms with Crippen LogP contribution in [0.5, 0.6) is 0 Å². The first-order chi connectivity index (χ1) is 5.18. The molecule has 0 amide bonds. The molecule has 0 rings (SSSR count). The third-order valence-corrected chi connectivity index (χ3v) is 1.60. The Balaban J connectivity index is -0.000000500. The number of rotatable bonds is 5. The number of hydrogen-bond donors (Lipinski definition) is 1. The van der Waals surface area contributed by atoms with Gasteiger partial charge in [-0.3, -0.25) is 0 Å². The van der Waals surface area contributed by atoms with Gasteiger partial charge in [-0.25, -0.2) is 4.79 Å². The Hall–Kier alpha value is 0.846. The number of unbranched alkanes of at least 4 members (excludes halogenated alkanes) is 3. The van der Waals surface area contributed by atoms with E-state index in [9.17, 15) is 4.79 Å². The summed E-state index contributed by atoms with van der Waals surface area (Å²) >= 11 is 0. The summed E-state index contributed by atoms with van der Waals surface area (Å²) in [6.07, 6.45) is 6.15. The fraction of sp³-hybridized carbons (Fsp3) is 0.667. The summed E-state index contributed by atoms with van der Waals surface area (Å²) in [5.41, 5.74) is 0.459. The van der Waals surface area contributed by atoms with Crippen molar-refractivity contribution in [3.8, 4) is 0 Å². The zero-order chi connectivity index (χ0) is 8.69. The molecule has 0 saturated heterocycles. The molecule has 0 aromatic rings. The van der Waals surface area contributed by atoms with Crippen molar-refractivity contribution in [2.75, 3.05) is 0 Å². The van der Waals surface area contributed by atoms with Crippen LogP contribution in [-0.2, 0) is 4.79 Å². The quantitative estimate of drug-likeness (QED) is 0.373. The standard InChI is InChI=1S/C9H16O2.K.H/c1-3-4-5-6-7-8(2)9(10)11;;/h7H,3-6H2,1-2H3,(H,10,11);;/q;+1;-1. The Bertz CT molecular complexity index is 158. The summed E-state index contributed by atoms with van der Waals surface area (Å²) in [6, 6.07) is 0.